The van der Waals surface area contributed by atoms with Crippen LogP contribution >= 0.6 is 0 Å². The Morgan fingerprint density at radius 1 is 1.32 bits per heavy atom. The normalized spacial score (nSPS) is 13.7. The average Bonchev–Trinajstić information content (AvgIpc) is 2.74. The summed E-state index contributed by atoms with van der Waals surface area (Å²) in [5, 5.41) is -0.0614. The van der Waals surface area contributed by atoms with Gasteiger partial charge in [-0.3, -0.25) is 0 Å². The van der Waals surface area contributed by atoms with Gasteiger partial charge in [-0.2, -0.15) is 0 Å². The Hall–Kier alpha value is -0.930. The van der Waals surface area contributed by atoms with Crippen LogP contribution in [0.25, 0.3) is 0 Å². The van der Waals surface area contributed by atoms with Gasteiger partial charge >= 0.3 is 0 Å². The fourth-order valence-electron chi connectivity index (χ4n) is 1.14. The number of aromatic nitrogens is 2. The lowest BCUT2D eigenvalue weighted by atomic mass is 10.2. The number of nitrogens with zero attached hydrogens (tertiary/aromatic N) is 1. The average molecular weight is 309 g/mol. The SMILES string of the molecule is CCc1ncc(S(=O)(=O)NCC(C)(C)S(C)(=O)=O)[nH]1. The van der Waals surface area contributed by atoms with Crippen molar-refractivity contribution in [3.8, 4) is 0 Å². The lowest BCUT2D eigenvalue weighted by Gasteiger charge is -2.22. The van der Waals surface area contributed by atoms with E-state index in [1.807, 2.05) is 6.92 Å². The number of rotatable bonds is 6. The maximum Gasteiger partial charge on any atom is 0.257 e. The van der Waals surface area contributed by atoms with Gasteiger partial charge in [0.05, 0.1) is 10.9 Å². The van der Waals surface area contributed by atoms with Gasteiger partial charge in [0, 0.05) is 19.2 Å². The number of aromatic amines is 1. The maximum atomic E-state index is 12.0. The van der Waals surface area contributed by atoms with E-state index in [0.29, 0.717) is 12.2 Å². The lowest BCUT2D eigenvalue weighted by molar-refractivity contribution is 0.536. The largest absolute Gasteiger partial charge is 0.332 e. The van der Waals surface area contributed by atoms with Crippen molar-refractivity contribution < 1.29 is 16.8 Å². The second-order valence-electron chi connectivity index (χ2n) is 4.90. The van der Waals surface area contributed by atoms with Crippen molar-refractivity contribution in [2.24, 2.45) is 0 Å². The molecule has 2 N–H and O–H groups in total. The predicted octanol–water partition coefficient (Wildman–Crippen LogP) is 0.0736. The van der Waals surface area contributed by atoms with Crippen molar-refractivity contribution in [3.63, 3.8) is 0 Å². The number of hydrogen-bond acceptors (Lipinski definition) is 5. The zero-order valence-electron chi connectivity index (χ0n) is 11.4. The molecule has 1 aromatic rings. The van der Waals surface area contributed by atoms with Gasteiger partial charge in [-0.25, -0.2) is 26.5 Å². The van der Waals surface area contributed by atoms with Crippen LogP contribution in [0.5, 0.6) is 0 Å². The summed E-state index contributed by atoms with van der Waals surface area (Å²) in [7, 11) is -7.13. The van der Waals surface area contributed by atoms with Crippen molar-refractivity contribution in [2.45, 2.75) is 37.0 Å². The highest BCUT2D eigenvalue weighted by Crippen LogP contribution is 2.15. The first kappa shape index (κ1) is 16.1. The van der Waals surface area contributed by atoms with Gasteiger partial charge in [-0.15, -0.1) is 0 Å². The first-order chi connectivity index (χ1) is 8.49. The monoisotopic (exact) mass is 309 g/mol. The highest BCUT2D eigenvalue weighted by molar-refractivity contribution is 7.92. The van der Waals surface area contributed by atoms with Gasteiger partial charge in [0.15, 0.2) is 14.9 Å². The lowest BCUT2D eigenvalue weighted by Crippen LogP contribution is -2.43. The minimum Gasteiger partial charge on any atom is -0.332 e. The molecule has 0 spiro atoms. The second-order valence-corrected chi connectivity index (χ2v) is 9.29. The zero-order valence-corrected chi connectivity index (χ0v) is 13.0. The number of hydrogen-bond donors (Lipinski definition) is 2. The molecule has 1 aromatic heterocycles. The van der Waals surface area contributed by atoms with Gasteiger partial charge in [0.25, 0.3) is 10.0 Å². The van der Waals surface area contributed by atoms with Crippen molar-refractivity contribution in [1.82, 2.24) is 14.7 Å². The van der Waals surface area contributed by atoms with Crippen molar-refractivity contribution in [2.75, 3.05) is 12.8 Å². The number of imidazole rings is 1. The summed E-state index contributed by atoms with van der Waals surface area (Å²) in [5.41, 5.74) is 0. The fraction of sp³-hybridized carbons (Fsp3) is 0.700. The van der Waals surface area contributed by atoms with E-state index < -0.39 is 24.6 Å². The zero-order chi connectivity index (χ0) is 14.9. The summed E-state index contributed by atoms with van der Waals surface area (Å²) in [6, 6.07) is 0. The van der Waals surface area contributed by atoms with E-state index in [4.69, 9.17) is 0 Å². The van der Waals surface area contributed by atoms with Crippen LogP contribution < -0.4 is 4.72 Å². The molecule has 0 aromatic carbocycles. The number of aryl methyl sites for hydroxylation is 1. The summed E-state index contributed by atoms with van der Waals surface area (Å²) in [6.07, 6.45) is 2.88. The van der Waals surface area contributed by atoms with Gasteiger partial charge in [0.2, 0.25) is 0 Å². The Morgan fingerprint density at radius 2 is 1.89 bits per heavy atom. The van der Waals surface area contributed by atoms with E-state index >= 15 is 0 Å². The van der Waals surface area contributed by atoms with Gasteiger partial charge in [-0.05, 0) is 13.8 Å². The minimum absolute atomic E-state index is 0.0614. The van der Waals surface area contributed by atoms with E-state index in [1.54, 1.807) is 0 Å². The van der Waals surface area contributed by atoms with E-state index in [2.05, 4.69) is 14.7 Å². The summed E-state index contributed by atoms with van der Waals surface area (Å²) < 4.78 is 48.0. The Kier molecular flexibility index (Phi) is 4.43. The van der Waals surface area contributed by atoms with Crippen LogP contribution in [0, 0.1) is 0 Å². The molecule has 0 aliphatic rings. The molecule has 0 saturated heterocycles. The van der Waals surface area contributed by atoms with Crippen LogP contribution in [0.4, 0.5) is 0 Å². The molecule has 0 amide bonds. The summed E-state index contributed by atoms with van der Waals surface area (Å²) in [5.74, 6) is 0.558. The van der Waals surface area contributed by atoms with Gasteiger partial charge in [-0.1, -0.05) is 6.92 Å². The third-order valence-corrected chi connectivity index (χ3v) is 6.38. The predicted molar refractivity (Wildman–Crippen MR) is 72.1 cm³/mol. The van der Waals surface area contributed by atoms with Crippen molar-refractivity contribution in [1.29, 1.82) is 0 Å². The number of H-pyrrole nitrogens is 1. The first-order valence-corrected chi connectivity index (χ1v) is 9.10. The molecular formula is C10H19N3O4S2. The third kappa shape index (κ3) is 3.77. The molecule has 110 valence electrons. The van der Waals surface area contributed by atoms with E-state index in [1.165, 1.54) is 20.0 Å². The Balaban J connectivity index is 2.88. The van der Waals surface area contributed by atoms with E-state index in [-0.39, 0.29) is 11.6 Å². The Labute approximate surface area is 113 Å². The maximum absolute atomic E-state index is 12.0. The highest BCUT2D eigenvalue weighted by Gasteiger charge is 2.32. The first-order valence-electron chi connectivity index (χ1n) is 5.73. The van der Waals surface area contributed by atoms with Crippen molar-refractivity contribution >= 4 is 19.9 Å². The van der Waals surface area contributed by atoms with Crippen LogP contribution in [-0.2, 0) is 26.3 Å². The van der Waals surface area contributed by atoms with Crippen LogP contribution in [0.3, 0.4) is 0 Å². The van der Waals surface area contributed by atoms with Crippen LogP contribution in [0.15, 0.2) is 11.2 Å². The highest BCUT2D eigenvalue weighted by atomic mass is 32.2. The van der Waals surface area contributed by atoms with Gasteiger partial charge < -0.3 is 4.98 Å². The molecule has 1 rings (SSSR count). The van der Waals surface area contributed by atoms with Crippen molar-refractivity contribution in [3.05, 3.63) is 12.0 Å². The molecule has 0 bridgehead atoms. The molecule has 9 heteroatoms. The standard InChI is InChI=1S/C10H19N3O4S2/c1-5-8-11-6-9(13-8)19(16,17)12-7-10(2,3)18(4,14)15/h6,12H,5,7H2,1-4H3,(H,11,13). The molecule has 0 aliphatic carbocycles. The molecule has 7 nitrogen and oxygen atoms in total. The number of sulfone groups is 1. The molecular weight excluding hydrogens is 290 g/mol. The molecule has 0 saturated carbocycles. The van der Waals surface area contributed by atoms with Crippen LogP contribution in [0.1, 0.15) is 26.6 Å². The second kappa shape index (κ2) is 5.22. The topological polar surface area (TPSA) is 109 Å². The van der Waals surface area contributed by atoms with Gasteiger partial charge in [0.1, 0.15) is 5.82 Å². The summed E-state index contributed by atoms with van der Waals surface area (Å²) >= 11 is 0. The molecule has 0 fully saturated rings. The summed E-state index contributed by atoms with van der Waals surface area (Å²) in [4.78, 5) is 6.57. The van der Waals surface area contributed by atoms with E-state index in [9.17, 15) is 16.8 Å². The Bertz CT molecular complexity index is 644. The minimum atomic E-state index is -3.78. The molecule has 1 heterocycles. The third-order valence-electron chi connectivity index (χ3n) is 2.92. The quantitative estimate of drug-likeness (QED) is 0.773. The fourth-order valence-corrected chi connectivity index (χ4v) is 2.71. The molecule has 0 aliphatic heterocycles. The number of sulfonamides is 1. The van der Waals surface area contributed by atoms with E-state index in [0.717, 1.165) is 6.26 Å². The van der Waals surface area contributed by atoms with Crippen LogP contribution in [0.2, 0.25) is 0 Å². The molecule has 0 atom stereocenters. The van der Waals surface area contributed by atoms with Crippen LogP contribution in [-0.4, -0.2) is 44.4 Å². The smallest absolute Gasteiger partial charge is 0.257 e. The molecule has 0 radical (unpaired) electrons. The summed E-state index contributed by atoms with van der Waals surface area (Å²) in [6.45, 7) is 4.58. The number of nitrogens with one attached hydrogen (secondary N) is 2. The molecule has 19 heavy (non-hydrogen) atoms. The molecule has 0 unspecified atom stereocenters. The Morgan fingerprint density at radius 3 is 2.32 bits per heavy atom.